The Labute approximate surface area is 147 Å². The summed E-state index contributed by atoms with van der Waals surface area (Å²) in [5.41, 5.74) is 0.769. The first-order valence-corrected chi connectivity index (χ1v) is 9.77. The van der Waals surface area contributed by atoms with Gasteiger partial charge in [0.25, 0.3) is 5.91 Å². The van der Waals surface area contributed by atoms with Gasteiger partial charge in [-0.2, -0.15) is 0 Å². The molecule has 1 unspecified atom stereocenters. The Morgan fingerprint density at radius 1 is 1.32 bits per heavy atom. The van der Waals surface area contributed by atoms with E-state index in [-0.39, 0.29) is 18.4 Å². The molecule has 1 aliphatic heterocycles. The average Bonchev–Trinajstić information content (AvgIpc) is 2.60. The van der Waals surface area contributed by atoms with Crippen molar-refractivity contribution in [2.75, 3.05) is 38.8 Å². The van der Waals surface area contributed by atoms with Crippen molar-refractivity contribution in [3.05, 3.63) is 23.8 Å². The molecule has 1 aliphatic rings. The van der Waals surface area contributed by atoms with E-state index in [9.17, 15) is 18.0 Å². The van der Waals surface area contributed by atoms with Gasteiger partial charge in [-0.05, 0) is 31.0 Å². The number of benzene rings is 1. The summed E-state index contributed by atoms with van der Waals surface area (Å²) in [6.45, 7) is 0.584. The predicted octanol–water partition coefficient (Wildman–Crippen LogP) is 0.665. The van der Waals surface area contributed by atoms with Crippen molar-refractivity contribution in [2.24, 2.45) is 5.92 Å². The van der Waals surface area contributed by atoms with Crippen molar-refractivity contribution in [3.8, 4) is 5.75 Å². The van der Waals surface area contributed by atoms with E-state index in [0.29, 0.717) is 36.4 Å². The summed E-state index contributed by atoms with van der Waals surface area (Å²) in [4.78, 5) is 24.3. The van der Waals surface area contributed by atoms with Crippen LogP contribution in [0, 0.1) is 5.92 Å². The van der Waals surface area contributed by atoms with Crippen molar-refractivity contribution >= 4 is 27.5 Å². The van der Waals surface area contributed by atoms with E-state index in [1.54, 1.807) is 12.1 Å². The highest BCUT2D eigenvalue weighted by Gasteiger charge is 2.30. The zero-order chi connectivity index (χ0) is 18.6. The second kappa shape index (κ2) is 7.83. The van der Waals surface area contributed by atoms with Crippen LogP contribution in [0.5, 0.6) is 5.75 Å². The highest BCUT2D eigenvalue weighted by atomic mass is 32.2. The number of rotatable bonds is 5. The van der Waals surface area contributed by atoms with E-state index in [0.717, 1.165) is 6.26 Å². The first-order valence-electron chi connectivity index (χ1n) is 7.92. The molecule has 8 nitrogen and oxygen atoms in total. The van der Waals surface area contributed by atoms with E-state index in [1.165, 1.54) is 24.5 Å². The Balaban J connectivity index is 2.17. The number of nitrogens with zero attached hydrogens (tertiary/aromatic N) is 1. The number of carbonyl (C=O) groups is 2. The molecule has 1 aromatic carbocycles. The van der Waals surface area contributed by atoms with Crippen molar-refractivity contribution in [3.63, 3.8) is 0 Å². The lowest BCUT2D eigenvalue weighted by molar-refractivity contribution is -0.120. The summed E-state index contributed by atoms with van der Waals surface area (Å²) < 4.78 is 29.9. The lowest BCUT2D eigenvalue weighted by atomic mass is 9.98. The van der Waals surface area contributed by atoms with Crippen LogP contribution in [0.25, 0.3) is 0 Å². The van der Waals surface area contributed by atoms with Gasteiger partial charge in [-0.25, -0.2) is 12.7 Å². The first-order chi connectivity index (χ1) is 11.8. The third-order valence-corrected chi connectivity index (χ3v) is 5.44. The second-order valence-electron chi connectivity index (χ2n) is 5.94. The van der Waals surface area contributed by atoms with Gasteiger partial charge in [-0.3, -0.25) is 9.59 Å². The number of amides is 2. The third-order valence-electron chi connectivity index (χ3n) is 4.17. The van der Waals surface area contributed by atoms with Gasteiger partial charge in [0.15, 0.2) is 0 Å². The monoisotopic (exact) mass is 369 g/mol. The fourth-order valence-electron chi connectivity index (χ4n) is 2.78. The maximum Gasteiger partial charge on any atom is 0.251 e. The first kappa shape index (κ1) is 19.2. The van der Waals surface area contributed by atoms with E-state index in [2.05, 4.69) is 10.6 Å². The molecule has 2 amide bonds. The van der Waals surface area contributed by atoms with Crippen molar-refractivity contribution in [1.82, 2.24) is 9.62 Å². The van der Waals surface area contributed by atoms with Crippen molar-refractivity contribution in [1.29, 1.82) is 0 Å². The Morgan fingerprint density at radius 3 is 2.64 bits per heavy atom. The maximum atomic E-state index is 12.6. The van der Waals surface area contributed by atoms with Gasteiger partial charge < -0.3 is 15.4 Å². The Morgan fingerprint density at radius 2 is 2.04 bits per heavy atom. The lowest BCUT2D eigenvalue weighted by Gasteiger charge is -2.30. The van der Waals surface area contributed by atoms with E-state index >= 15 is 0 Å². The Hall–Kier alpha value is -2.13. The van der Waals surface area contributed by atoms with Gasteiger partial charge in [-0.15, -0.1) is 0 Å². The van der Waals surface area contributed by atoms with Crippen LogP contribution in [0.4, 0.5) is 5.69 Å². The largest absolute Gasteiger partial charge is 0.495 e. The van der Waals surface area contributed by atoms with Gasteiger partial charge in [-0.1, -0.05) is 0 Å². The fraction of sp³-hybridized carbons (Fsp3) is 0.500. The lowest BCUT2D eigenvalue weighted by Crippen LogP contribution is -2.43. The van der Waals surface area contributed by atoms with Gasteiger partial charge in [0.1, 0.15) is 5.75 Å². The molecule has 0 spiro atoms. The highest BCUT2D eigenvalue weighted by molar-refractivity contribution is 7.88. The number of sulfonamides is 1. The number of anilines is 1. The minimum Gasteiger partial charge on any atom is -0.495 e. The summed E-state index contributed by atoms with van der Waals surface area (Å²) in [5, 5.41) is 5.28. The van der Waals surface area contributed by atoms with E-state index < -0.39 is 15.9 Å². The number of ether oxygens (including phenoxy) is 1. The van der Waals surface area contributed by atoms with E-state index in [1.807, 2.05) is 0 Å². The average molecular weight is 369 g/mol. The number of piperidine rings is 1. The van der Waals surface area contributed by atoms with Crippen LogP contribution in [0.3, 0.4) is 0 Å². The van der Waals surface area contributed by atoms with Gasteiger partial charge in [0.2, 0.25) is 15.9 Å². The topological polar surface area (TPSA) is 105 Å². The zero-order valence-corrected chi connectivity index (χ0v) is 15.4. The number of carbonyl (C=O) groups excluding carboxylic acids is 2. The molecule has 1 fully saturated rings. The van der Waals surface area contributed by atoms with Crippen LogP contribution in [-0.4, -0.2) is 58.0 Å². The predicted molar refractivity (Wildman–Crippen MR) is 94.2 cm³/mol. The summed E-state index contributed by atoms with van der Waals surface area (Å²) >= 11 is 0. The van der Waals surface area contributed by atoms with Crippen LogP contribution >= 0.6 is 0 Å². The molecule has 1 aromatic rings. The molecule has 1 saturated heterocycles. The molecule has 0 radical (unpaired) electrons. The number of nitrogens with one attached hydrogen (secondary N) is 2. The van der Waals surface area contributed by atoms with Crippen LogP contribution in [0.2, 0.25) is 0 Å². The normalized spacial score (nSPS) is 18.4. The van der Waals surface area contributed by atoms with Crippen LogP contribution in [-0.2, 0) is 14.8 Å². The van der Waals surface area contributed by atoms with Gasteiger partial charge >= 0.3 is 0 Å². The fourth-order valence-corrected chi connectivity index (χ4v) is 3.70. The minimum absolute atomic E-state index is 0.155. The quantitative estimate of drug-likeness (QED) is 0.793. The summed E-state index contributed by atoms with van der Waals surface area (Å²) in [6, 6.07) is 4.73. The van der Waals surface area contributed by atoms with E-state index in [4.69, 9.17) is 4.74 Å². The number of hydrogen-bond acceptors (Lipinski definition) is 5. The molecule has 2 rings (SSSR count). The van der Waals surface area contributed by atoms with Crippen molar-refractivity contribution in [2.45, 2.75) is 12.8 Å². The van der Waals surface area contributed by atoms with Crippen LogP contribution < -0.4 is 15.4 Å². The summed E-state index contributed by atoms with van der Waals surface area (Å²) in [6.07, 6.45) is 2.37. The minimum atomic E-state index is -3.32. The maximum absolute atomic E-state index is 12.6. The third kappa shape index (κ3) is 4.70. The number of methoxy groups -OCH3 is 1. The molecule has 9 heteroatoms. The molecular weight excluding hydrogens is 346 g/mol. The molecular formula is C16H23N3O5S. The SMILES string of the molecule is CNC(=O)c1ccc(OC)c(NC(=O)C2CCCN(S(C)(=O)=O)C2)c1. The molecule has 0 aromatic heterocycles. The zero-order valence-electron chi connectivity index (χ0n) is 14.5. The highest BCUT2D eigenvalue weighted by Crippen LogP contribution is 2.27. The summed E-state index contributed by atoms with van der Waals surface area (Å²) in [7, 11) is -0.334. The Kier molecular flexibility index (Phi) is 6.02. The molecule has 1 atom stereocenters. The molecule has 0 saturated carbocycles. The molecule has 2 N–H and O–H groups in total. The molecule has 0 aliphatic carbocycles. The summed E-state index contributed by atoms with van der Waals surface area (Å²) in [5.74, 6) is -0.589. The second-order valence-corrected chi connectivity index (χ2v) is 7.93. The molecule has 25 heavy (non-hydrogen) atoms. The molecule has 1 heterocycles. The smallest absolute Gasteiger partial charge is 0.251 e. The molecule has 0 bridgehead atoms. The van der Waals surface area contributed by atoms with Crippen molar-refractivity contribution < 1.29 is 22.7 Å². The number of hydrogen-bond donors (Lipinski definition) is 2. The molecule has 138 valence electrons. The van der Waals surface area contributed by atoms with Crippen LogP contribution in [0.1, 0.15) is 23.2 Å². The van der Waals surface area contributed by atoms with Gasteiger partial charge in [0.05, 0.1) is 25.0 Å². The Bertz CT molecular complexity index is 763. The van der Waals surface area contributed by atoms with Crippen LogP contribution in [0.15, 0.2) is 18.2 Å². The standard InChI is InChI=1S/C16H23N3O5S/c1-17-15(20)11-6-7-14(24-2)13(9-11)18-16(21)12-5-4-8-19(10-12)25(3,22)23/h6-7,9,12H,4-5,8,10H2,1-3H3,(H,17,20)(H,18,21). The van der Waals surface area contributed by atoms with Gasteiger partial charge in [0, 0.05) is 25.7 Å².